The minimum absolute atomic E-state index is 0.0799. The Morgan fingerprint density at radius 3 is 1.35 bits per heavy atom. The first kappa shape index (κ1) is 29.9. The lowest BCUT2D eigenvalue weighted by molar-refractivity contribution is -0.119. The van der Waals surface area contributed by atoms with Crippen LogP contribution in [0.25, 0.3) is 0 Å². The number of carbonyl (C=O) groups is 2. The van der Waals surface area contributed by atoms with Crippen molar-refractivity contribution >= 4 is 12.3 Å². The van der Waals surface area contributed by atoms with E-state index in [0.29, 0.717) is 11.8 Å². The van der Waals surface area contributed by atoms with Gasteiger partial charge >= 0.3 is 0 Å². The highest BCUT2D eigenvalue weighted by Crippen LogP contribution is 2.08. The molecule has 0 aliphatic heterocycles. The molecule has 0 fully saturated rings. The summed E-state index contributed by atoms with van der Waals surface area (Å²) in [4.78, 5) is 19.1. The van der Waals surface area contributed by atoms with Gasteiger partial charge in [0.15, 0.2) is 0 Å². The monoisotopic (exact) mass is 332 g/mol. The average Bonchev–Trinajstić information content (AvgIpc) is 2.41. The highest BCUT2D eigenvalue weighted by atomic mass is 16.2. The van der Waals surface area contributed by atoms with E-state index in [4.69, 9.17) is 0 Å². The van der Waals surface area contributed by atoms with E-state index in [9.17, 15) is 9.59 Å². The molecule has 0 heterocycles. The van der Waals surface area contributed by atoms with Gasteiger partial charge in [0.25, 0.3) is 0 Å². The smallest absolute Gasteiger partial charge is 0.236 e. The van der Waals surface area contributed by atoms with E-state index >= 15 is 0 Å². The SMILES string of the molecule is CC(C)(C)C.CCC.CCCCCCCC.NC(=O)CNC=O. The molecule has 0 rings (SSSR count). The first-order valence-electron chi connectivity index (χ1n) is 9.05. The summed E-state index contributed by atoms with van der Waals surface area (Å²) in [5.41, 5.74) is 5.12. The Labute approximate surface area is 146 Å². The molecule has 4 heteroatoms. The Morgan fingerprint density at radius 1 is 0.913 bits per heavy atom. The van der Waals surface area contributed by atoms with E-state index in [2.05, 4.69) is 66.4 Å². The van der Waals surface area contributed by atoms with Crippen LogP contribution in [0.5, 0.6) is 0 Å². The third-order valence-electron chi connectivity index (χ3n) is 1.82. The molecule has 0 atom stereocenters. The van der Waals surface area contributed by atoms with Crippen LogP contribution in [0.15, 0.2) is 0 Å². The zero-order chi connectivity index (χ0) is 19.1. The van der Waals surface area contributed by atoms with Gasteiger partial charge in [-0.2, -0.15) is 0 Å². The van der Waals surface area contributed by atoms with Crippen LogP contribution >= 0.6 is 0 Å². The number of hydrogen-bond acceptors (Lipinski definition) is 2. The molecule has 2 amide bonds. The maximum absolute atomic E-state index is 9.76. The Bertz CT molecular complexity index is 212. The molecular formula is C19H44N2O2. The maximum Gasteiger partial charge on any atom is 0.236 e. The third-order valence-corrected chi connectivity index (χ3v) is 1.82. The fourth-order valence-electron chi connectivity index (χ4n) is 0.996. The normalized spacial score (nSPS) is 9.04. The van der Waals surface area contributed by atoms with Crippen molar-refractivity contribution in [3.05, 3.63) is 0 Å². The number of primary amides is 1. The van der Waals surface area contributed by atoms with Crippen LogP contribution in [0.1, 0.15) is 100 Å². The van der Waals surface area contributed by atoms with E-state index in [0.717, 1.165) is 0 Å². The van der Waals surface area contributed by atoms with Crippen LogP contribution < -0.4 is 11.1 Å². The predicted octanol–water partition coefficient (Wildman–Crippen LogP) is 5.05. The zero-order valence-corrected chi connectivity index (χ0v) is 17.1. The van der Waals surface area contributed by atoms with Crippen molar-refractivity contribution in [2.24, 2.45) is 11.1 Å². The molecule has 0 saturated heterocycles. The number of rotatable bonds is 8. The number of unbranched alkanes of at least 4 members (excludes halogenated alkanes) is 5. The summed E-state index contributed by atoms with van der Waals surface area (Å²) in [6.45, 7) is 17.4. The number of carbonyl (C=O) groups excluding carboxylic acids is 2. The van der Waals surface area contributed by atoms with Gasteiger partial charge in [0.1, 0.15) is 0 Å². The van der Waals surface area contributed by atoms with E-state index in [-0.39, 0.29) is 6.54 Å². The van der Waals surface area contributed by atoms with Crippen molar-refractivity contribution in [3.63, 3.8) is 0 Å². The van der Waals surface area contributed by atoms with Gasteiger partial charge in [0, 0.05) is 0 Å². The number of amides is 2. The molecule has 0 aliphatic carbocycles. The lowest BCUT2D eigenvalue weighted by Crippen LogP contribution is -2.27. The van der Waals surface area contributed by atoms with Gasteiger partial charge in [-0.3, -0.25) is 9.59 Å². The molecule has 23 heavy (non-hydrogen) atoms. The van der Waals surface area contributed by atoms with Crippen LogP contribution in [-0.2, 0) is 9.59 Å². The molecule has 0 aromatic carbocycles. The van der Waals surface area contributed by atoms with Gasteiger partial charge in [-0.15, -0.1) is 0 Å². The van der Waals surface area contributed by atoms with Crippen molar-refractivity contribution in [1.29, 1.82) is 0 Å². The highest BCUT2D eigenvalue weighted by molar-refractivity contribution is 5.77. The first-order chi connectivity index (χ1) is 10.6. The first-order valence-corrected chi connectivity index (χ1v) is 9.05. The van der Waals surface area contributed by atoms with E-state index in [1.165, 1.54) is 44.9 Å². The molecule has 0 bridgehead atoms. The Balaban J connectivity index is -0.000000111. The largest absolute Gasteiger partial charge is 0.368 e. The second-order valence-electron chi connectivity index (χ2n) is 7.09. The summed E-state index contributed by atoms with van der Waals surface area (Å²) in [5.74, 6) is -0.535. The summed E-state index contributed by atoms with van der Waals surface area (Å²) in [7, 11) is 0. The molecule has 0 aromatic rings. The van der Waals surface area contributed by atoms with Crippen LogP contribution in [0.3, 0.4) is 0 Å². The van der Waals surface area contributed by atoms with Gasteiger partial charge < -0.3 is 11.1 Å². The van der Waals surface area contributed by atoms with Gasteiger partial charge in [-0.1, -0.05) is 100 Å². The highest BCUT2D eigenvalue weighted by Gasteiger charge is 1.95. The van der Waals surface area contributed by atoms with Crippen molar-refractivity contribution in [1.82, 2.24) is 5.32 Å². The summed E-state index contributed by atoms with van der Waals surface area (Å²) in [6.07, 6.45) is 10.2. The summed E-state index contributed by atoms with van der Waals surface area (Å²) in [6, 6.07) is 0. The summed E-state index contributed by atoms with van der Waals surface area (Å²) in [5, 5.41) is 2.09. The average molecular weight is 333 g/mol. The second kappa shape index (κ2) is 25.9. The minimum atomic E-state index is -0.535. The maximum atomic E-state index is 9.76. The van der Waals surface area contributed by atoms with Crippen molar-refractivity contribution < 1.29 is 9.59 Å². The number of nitrogens with one attached hydrogen (secondary N) is 1. The van der Waals surface area contributed by atoms with E-state index in [1.807, 2.05) is 0 Å². The molecule has 0 unspecified atom stereocenters. The fraction of sp³-hybridized carbons (Fsp3) is 0.895. The lowest BCUT2D eigenvalue weighted by Gasteiger charge is -2.05. The van der Waals surface area contributed by atoms with Crippen LogP contribution in [0.2, 0.25) is 0 Å². The third kappa shape index (κ3) is 119. The number of hydrogen-bond donors (Lipinski definition) is 2. The molecule has 0 aromatic heterocycles. The minimum Gasteiger partial charge on any atom is -0.368 e. The Morgan fingerprint density at radius 2 is 1.22 bits per heavy atom. The van der Waals surface area contributed by atoms with Gasteiger partial charge in [0.2, 0.25) is 12.3 Å². The van der Waals surface area contributed by atoms with E-state index < -0.39 is 5.91 Å². The van der Waals surface area contributed by atoms with Crippen molar-refractivity contribution in [2.75, 3.05) is 6.54 Å². The Hall–Kier alpha value is -1.06. The zero-order valence-electron chi connectivity index (χ0n) is 17.1. The predicted molar refractivity (Wildman–Crippen MR) is 103 cm³/mol. The molecule has 0 aliphatic rings. The molecule has 0 spiro atoms. The van der Waals surface area contributed by atoms with Crippen molar-refractivity contribution in [3.8, 4) is 0 Å². The molecule has 0 radical (unpaired) electrons. The van der Waals surface area contributed by atoms with Gasteiger partial charge in [0.05, 0.1) is 6.54 Å². The Kier molecular flexibility index (Phi) is 33.6. The van der Waals surface area contributed by atoms with Crippen LogP contribution in [-0.4, -0.2) is 18.9 Å². The summed E-state index contributed by atoms with van der Waals surface area (Å²) >= 11 is 0. The molecular weight excluding hydrogens is 288 g/mol. The standard InChI is InChI=1S/C8H18.C5H12.C3H6N2O2.C3H8/c1-3-5-7-8-6-4-2;1-5(2,3)4;4-3(7)1-5-2-6;1-3-2/h3-8H2,1-2H3;1-4H3;2H,1H2,(H2,4,7)(H,5,6);3H2,1-2H3. The molecule has 0 saturated carbocycles. The van der Waals surface area contributed by atoms with Crippen LogP contribution in [0.4, 0.5) is 0 Å². The summed E-state index contributed by atoms with van der Waals surface area (Å²) < 4.78 is 0. The van der Waals surface area contributed by atoms with E-state index in [1.54, 1.807) is 0 Å². The quantitative estimate of drug-likeness (QED) is 0.482. The topological polar surface area (TPSA) is 72.2 Å². The van der Waals surface area contributed by atoms with Crippen LogP contribution in [0, 0.1) is 5.41 Å². The van der Waals surface area contributed by atoms with Gasteiger partial charge in [-0.05, 0) is 5.41 Å². The lowest BCUT2D eigenvalue weighted by atomic mass is 10.0. The fourth-order valence-corrected chi connectivity index (χ4v) is 0.996. The molecule has 142 valence electrons. The number of nitrogens with two attached hydrogens (primary N) is 1. The van der Waals surface area contributed by atoms with Gasteiger partial charge in [-0.25, -0.2) is 0 Å². The molecule has 3 N–H and O–H groups in total. The molecule has 4 nitrogen and oxygen atoms in total. The van der Waals surface area contributed by atoms with Crippen molar-refractivity contribution in [2.45, 2.75) is 100 Å². The second-order valence-corrected chi connectivity index (χ2v) is 7.09.